The van der Waals surface area contributed by atoms with Crippen LogP contribution in [0.3, 0.4) is 0 Å². The second kappa shape index (κ2) is 7.67. The van der Waals surface area contributed by atoms with Crippen LogP contribution in [0.1, 0.15) is 18.4 Å². The summed E-state index contributed by atoms with van der Waals surface area (Å²) >= 11 is 7.14. The van der Waals surface area contributed by atoms with Gasteiger partial charge in [-0.15, -0.1) is 11.3 Å². The van der Waals surface area contributed by atoms with Crippen molar-refractivity contribution in [3.8, 4) is 5.75 Å². The Bertz CT molecular complexity index is 978. The van der Waals surface area contributed by atoms with E-state index in [1.165, 1.54) is 11.3 Å². The summed E-state index contributed by atoms with van der Waals surface area (Å²) in [7, 11) is -3.49. The van der Waals surface area contributed by atoms with Crippen molar-refractivity contribution in [3.63, 3.8) is 0 Å². The maximum atomic E-state index is 12.6. The van der Waals surface area contributed by atoms with E-state index >= 15 is 0 Å². The summed E-state index contributed by atoms with van der Waals surface area (Å²) in [6.07, 6.45) is 1.46. The van der Waals surface area contributed by atoms with Crippen LogP contribution in [0.15, 0.2) is 39.9 Å². The number of nitrogens with one attached hydrogen (secondary N) is 1. The van der Waals surface area contributed by atoms with Gasteiger partial charge in [0, 0.05) is 23.7 Å². The number of hydrogen-bond acceptors (Lipinski definition) is 5. The van der Waals surface area contributed by atoms with Crippen molar-refractivity contribution in [1.29, 1.82) is 0 Å². The number of rotatable bonds is 6. The highest BCUT2D eigenvalue weighted by Crippen LogP contribution is 2.38. The fraction of sp³-hybridized carbons (Fsp3) is 0.421. The Morgan fingerprint density at radius 2 is 2.18 bits per heavy atom. The monoisotopic (exact) mass is 440 g/mol. The molecule has 1 aromatic heterocycles. The predicted molar refractivity (Wildman–Crippen MR) is 108 cm³/mol. The van der Waals surface area contributed by atoms with Gasteiger partial charge in [0.25, 0.3) is 5.91 Å². The molecule has 1 aliphatic heterocycles. The Hall–Kier alpha value is -1.61. The molecular formula is C19H21ClN2O4S2. The van der Waals surface area contributed by atoms with Gasteiger partial charge in [0.05, 0.1) is 0 Å². The maximum absolute atomic E-state index is 12.6. The molecule has 0 unspecified atom stereocenters. The molecule has 2 heterocycles. The second-order valence-corrected chi connectivity index (χ2v) is 10.6. The predicted octanol–water partition coefficient (Wildman–Crippen LogP) is 3.06. The number of amides is 1. The van der Waals surface area contributed by atoms with Crippen LogP contribution in [0.2, 0.25) is 5.02 Å². The fourth-order valence-electron chi connectivity index (χ4n) is 4.07. The van der Waals surface area contributed by atoms with Gasteiger partial charge in [-0.3, -0.25) is 4.79 Å². The number of ether oxygens (including phenoxy) is 1. The number of piperidine rings is 1. The second-order valence-electron chi connectivity index (χ2n) is 7.29. The van der Waals surface area contributed by atoms with Gasteiger partial charge in [0.1, 0.15) is 9.96 Å². The summed E-state index contributed by atoms with van der Waals surface area (Å²) in [5, 5.41) is 2.38. The first-order valence-electron chi connectivity index (χ1n) is 9.08. The lowest BCUT2D eigenvalue weighted by Gasteiger charge is -2.31. The van der Waals surface area contributed by atoms with Crippen LogP contribution in [0.4, 0.5) is 0 Å². The first kappa shape index (κ1) is 19.7. The minimum atomic E-state index is -3.49. The van der Waals surface area contributed by atoms with Gasteiger partial charge in [0.2, 0.25) is 10.0 Å². The topological polar surface area (TPSA) is 75.7 Å². The number of fused-ring (bicyclic) bond motifs is 2. The summed E-state index contributed by atoms with van der Waals surface area (Å²) in [6.45, 7) is 2.41. The molecule has 0 spiro atoms. The van der Waals surface area contributed by atoms with Crippen molar-refractivity contribution in [2.75, 3.05) is 13.2 Å². The van der Waals surface area contributed by atoms with Crippen LogP contribution in [0.25, 0.3) is 0 Å². The Balaban J connectivity index is 1.33. The summed E-state index contributed by atoms with van der Waals surface area (Å²) in [4.78, 5) is 14.4. The number of benzene rings is 1. The van der Waals surface area contributed by atoms with E-state index in [1.54, 1.807) is 35.7 Å². The molecule has 150 valence electrons. The summed E-state index contributed by atoms with van der Waals surface area (Å²) < 4.78 is 33.7. The van der Waals surface area contributed by atoms with Crippen molar-refractivity contribution in [2.24, 2.45) is 5.92 Å². The molecule has 1 saturated carbocycles. The number of likely N-dealkylation sites (tertiary alicyclic amines) is 1. The van der Waals surface area contributed by atoms with E-state index < -0.39 is 10.0 Å². The number of sulfonamides is 1. The molecular weight excluding hydrogens is 420 g/mol. The number of nitrogens with zero attached hydrogens (tertiary/aromatic N) is 1. The normalized spacial score (nSPS) is 23.9. The Kier molecular flexibility index (Phi) is 5.39. The molecule has 2 aromatic rings. The third kappa shape index (κ3) is 3.91. The highest BCUT2D eigenvalue weighted by atomic mass is 35.5. The lowest BCUT2D eigenvalue weighted by molar-refractivity contribution is -0.135. The molecule has 6 nitrogen and oxygen atoms in total. The quantitative estimate of drug-likeness (QED) is 0.749. The zero-order valence-electron chi connectivity index (χ0n) is 15.3. The summed E-state index contributed by atoms with van der Waals surface area (Å²) in [6, 6.07) is 8.55. The Labute approximate surface area is 173 Å². The van der Waals surface area contributed by atoms with Gasteiger partial charge in [-0.2, -0.15) is 0 Å². The fourth-order valence-corrected chi connectivity index (χ4v) is 6.63. The van der Waals surface area contributed by atoms with Crippen LogP contribution < -0.4 is 9.46 Å². The van der Waals surface area contributed by atoms with Crippen molar-refractivity contribution < 1.29 is 17.9 Å². The highest BCUT2D eigenvalue weighted by molar-refractivity contribution is 7.91. The number of thiophene rings is 1. The molecule has 1 amide bonds. The number of halogens is 1. The van der Waals surface area contributed by atoms with Gasteiger partial charge >= 0.3 is 0 Å². The number of carbonyl (C=O) groups excluding carboxylic acids is 1. The average molecular weight is 441 g/mol. The van der Waals surface area contributed by atoms with E-state index in [1.807, 2.05) is 11.8 Å². The lowest BCUT2D eigenvalue weighted by Crippen LogP contribution is -2.48. The Morgan fingerprint density at radius 3 is 2.82 bits per heavy atom. The smallest absolute Gasteiger partial charge is 0.260 e. The van der Waals surface area contributed by atoms with Gasteiger partial charge in [-0.05, 0) is 60.9 Å². The molecule has 1 aromatic carbocycles. The van der Waals surface area contributed by atoms with Crippen LogP contribution in [0.5, 0.6) is 5.75 Å². The first-order chi connectivity index (χ1) is 13.3. The summed E-state index contributed by atoms with van der Waals surface area (Å²) in [5.41, 5.74) is 0.881. The first-order valence-corrected chi connectivity index (χ1v) is 11.8. The van der Waals surface area contributed by atoms with Gasteiger partial charge in [0.15, 0.2) is 6.61 Å². The molecule has 2 bridgehead atoms. The molecule has 28 heavy (non-hydrogen) atoms. The van der Waals surface area contributed by atoms with Gasteiger partial charge in [-0.25, -0.2) is 13.1 Å². The van der Waals surface area contributed by atoms with Crippen LogP contribution >= 0.6 is 22.9 Å². The summed E-state index contributed by atoms with van der Waals surface area (Å²) in [5.74, 6) is 0.714. The molecule has 9 heteroatoms. The van der Waals surface area contributed by atoms with E-state index in [0.717, 1.165) is 12.0 Å². The molecule has 4 rings (SSSR count). The van der Waals surface area contributed by atoms with E-state index in [4.69, 9.17) is 16.3 Å². The molecule has 3 atom stereocenters. The molecule has 1 N–H and O–H groups in total. The van der Waals surface area contributed by atoms with Gasteiger partial charge < -0.3 is 9.64 Å². The van der Waals surface area contributed by atoms with Crippen LogP contribution in [-0.4, -0.2) is 44.5 Å². The molecule has 2 aliphatic rings. The lowest BCUT2D eigenvalue weighted by atomic mass is 10.0. The highest BCUT2D eigenvalue weighted by Gasteiger charge is 2.47. The SMILES string of the molecule is Cc1cc(Cl)ccc1OCC(=O)N1C[C@@H]2C[C@H]1C[C@@H]2NS(=O)(=O)c1cccs1. The van der Waals surface area contributed by atoms with E-state index in [0.29, 0.717) is 27.9 Å². The van der Waals surface area contributed by atoms with E-state index in [9.17, 15) is 13.2 Å². The van der Waals surface area contributed by atoms with Crippen LogP contribution in [0, 0.1) is 12.8 Å². The Morgan fingerprint density at radius 1 is 1.36 bits per heavy atom. The third-order valence-corrected chi connectivity index (χ3v) is 8.54. The molecule has 1 aliphatic carbocycles. The van der Waals surface area contributed by atoms with E-state index in [-0.39, 0.29) is 30.5 Å². The molecule has 1 saturated heterocycles. The van der Waals surface area contributed by atoms with Crippen LogP contribution in [-0.2, 0) is 14.8 Å². The number of aryl methyl sites for hydroxylation is 1. The van der Waals surface area contributed by atoms with E-state index in [2.05, 4.69) is 4.72 Å². The maximum Gasteiger partial charge on any atom is 0.260 e. The molecule has 2 fully saturated rings. The zero-order valence-corrected chi connectivity index (χ0v) is 17.7. The largest absolute Gasteiger partial charge is 0.483 e. The van der Waals surface area contributed by atoms with Crippen molar-refractivity contribution in [1.82, 2.24) is 9.62 Å². The number of hydrogen-bond donors (Lipinski definition) is 1. The minimum absolute atomic E-state index is 0.0305. The van der Waals surface area contributed by atoms with Crippen molar-refractivity contribution in [3.05, 3.63) is 46.3 Å². The number of carbonyl (C=O) groups is 1. The third-order valence-electron chi connectivity index (χ3n) is 5.42. The van der Waals surface area contributed by atoms with Crippen molar-refractivity contribution >= 4 is 38.9 Å². The van der Waals surface area contributed by atoms with Crippen molar-refractivity contribution in [2.45, 2.75) is 36.1 Å². The zero-order chi connectivity index (χ0) is 19.9. The molecule has 0 radical (unpaired) electrons. The van der Waals surface area contributed by atoms with Gasteiger partial charge in [-0.1, -0.05) is 17.7 Å². The minimum Gasteiger partial charge on any atom is -0.483 e. The standard InChI is InChI=1S/C19H21ClN2O4S2/c1-12-7-14(20)4-5-17(12)26-11-18(23)22-10-13-8-15(22)9-16(13)21-28(24,25)19-3-2-6-27-19/h2-7,13,15-16,21H,8-11H2,1H3/t13-,15-,16-/m0/s1. The average Bonchev–Trinajstić information content (AvgIpc) is 3.37.